The number of nitrogens with one attached hydrogen (secondary N) is 1. The number of hydrogen-bond acceptors (Lipinski definition) is 3. The second kappa shape index (κ2) is 6.98. The number of aromatic nitrogens is 4. The molecule has 3 aromatic heterocycles. The molecule has 2 N–H and O–H groups in total. The van der Waals surface area contributed by atoms with E-state index in [4.69, 9.17) is 5.11 Å². The Bertz CT molecular complexity index is 1470. The van der Waals surface area contributed by atoms with Crippen LogP contribution in [0.2, 0.25) is 0 Å². The van der Waals surface area contributed by atoms with Crippen LogP contribution in [0.5, 0.6) is 0 Å². The lowest BCUT2D eigenvalue weighted by molar-refractivity contribution is 0.0686. The summed E-state index contributed by atoms with van der Waals surface area (Å²) < 4.78 is 44.2. The highest BCUT2D eigenvalue weighted by Crippen LogP contribution is 2.26. The van der Waals surface area contributed by atoms with Gasteiger partial charge < -0.3 is 5.11 Å². The standard InChI is InChI=1S/C22H13F3N4O2/c23-14-9-19-11(2-1-5-26-19)6-13(14)10-29-21-18(28-29)4-3-17(27-21)12-7-15(24)20(22(30)31)16(25)8-12/h1-9,28H,10H2,(H,30,31). The van der Waals surface area contributed by atoms with Gasteiger partial charge in [-0.25, -0.2) is 22.9 Å². The van der Waals surface area contributed by atoms with Gasteiger partial charge in [0.2, 0.25) is 0 Å². The lowest BCUT2D eigenvalue weighted by Crippen LogP contribution is -2.14. The van der Waals surface area contributed by atoms with E-state index in [9.17, 15) is 18.0 Å². The summed E-state index contributed by atoms with van der Waals surface area (Å²) in [6, 6.07) is 11.8. The normalized spacial score (nSPS) is 11.5. The molecule has 0 fully saturated rings. The molecule has 0 spiro atoms. The molecule has 31 heavy (non-hydrogen) atoms. The fourth-order valence-corrected chi connectivity index (χ4v) is 3.52. The van der Waals surface area contributed by atoms with Gasteiger partial charge in [-0.1, -0.05) is 6.07 Å². The minimum atomic E-state index is -1.69. The summed E-state index contributed by atoms with van der Waals surface area (Å²) in [6.45, 7) is 0.167. The second-order valence-electron chi connectivity index (χ2n) is 7.03. The molecule has 0 saturated heterocycles. The first kappa shape index (κ1) is 18.9. The largest absolute Gasteiger partial charge is 0.477 e. The van der Waals surface area contributed by atoms with Crippen molar-refractivity contribution in [2.45, 2.75) is 6.54 Å². The summed E-state index contributed by atoms with van der Waals surface area (Å²) in [6.07, 6.45) is 1.59. The fraction of sp³-hybridized carbons (Fsp3) is 0.0455. The minimum Gasteiger partial charge on any atom is -0.477 e. The summed E-state index contributed by atoms with van der Waals surface area (Å²) in [5.74, 6) is -4.47. The van der Waals surface area contributed by atoms with E-state index in [-0.39, 0.29) is 17.8 Å². The zero-order valence-corrected chi connectivity index (χ0v) is 15.7. The number of H-pyrrole nitrogens is 1. The average Bonchev–Trinajstić information content (AvgIpc) is 2.71. The summed E-state index contributed by atoms with van der Waals surface area (Å²) in [5.41, 5.74) is 1.46. The van der Waals surface area contributed by atoms with Crippen LogP contribution in [-0.4, -0.2) is 30.8 Å². The summed E-state index contributed by atoms with van der Waals surface area (Å²) in [5, 5.41) is 12.7. The SMILES string of the molecule is O=C(O)c1c(F)cc(-c2ccc3[nH]n(Cc4cc5cccnc5cc4F)c3n2)cc1F. The molecular weight excluding hydrogens is 409 g/mol. The van der Waals surface area contributed by atoms with Crippen LogP contribution in [-0.2, 0) is 6.54 Å². The van der Waals surface area contributed by atoms with Crippen molar-refractivity contribution in [3.63, 3.8) is 0 Å². The van der Waals surface area contributed by atoms with Crippen molar-refractivity contribution >= 4 is 28.0 Å². The van der Waals surface area contributed by atoms with Crippen molar-refractivity contribution in [1.82, 2.24) is 19.7 Å². The molecule has 0 atom stereocenters. The molecule has 154 valence electrons. The van der Waals surface area contributed by atoms with Gasteiger partial charge in [-0.2, -0.15) is 0 Å². The van der Waals surface area contributed by atoms with Crippen molar-refractivity contribution in [2.75, 3.05) is 0 Å². The maximum Gasteiger partial charge on any atom is 0.341 e. The number of carboxylic acids is 1. The van der Waals surface area contributed by atoms with E-state index in [1.807, 2.05) is 6.07 Å². The Morgan fingerprint density at radius 3 is 2.55 bits per heavy atom. The van der Waals surface area contributed by atoms with E-state index >= 15 is 0 Å². The third-order valence-electron chi connectivity index (χ3n) is 5.04. The van der Waals surface area contributed by atoms with Crippen LogP contribution >= 0.6 is 0 Å². The van der Waals surface area contributed by atoms with Crippen LogP contribution in [0.25, 0.3) is 33.3 Å². The second-order valence-corrected chi connectivity index (χ2v) is 7.03. The third kappa shape index (κ3) is 3.20. The van der Waals surface area contributed by atoms with Crippen molar-refractivity contribution in [1.29, 1.82) is 0 Å². The van der Waals surface area contributed by atoms with Crippen LogP contribution in [0.4, 0.5) is 13.2 Å². The van der Waals surface area contributed by atoms with E-state index in [1.165, 1.54) is 6.07 Å². The van der Waals surface area contributed by atoms with Gasteiger partial charge in [-0.05, 0) is 36.4 Å². The van der Waals surface area contributed by atoms with Crippen LogP contribution in [0.1, 0.15) is 15.9 Å². The number of fused-ring (bicyclic) bond motifs is 2. The molecule has 2 aromatic carbocycles. The Balaban J connectivity index is 1.52. The molecule has 0 aliphatic heterocycles. The third-order valence-corrected chi connectivity index (χ3v) is 5.04. The number of pyridine rings is 2. The Labute approximate surface area is 172 Å². The molecule has 3 heterocycles. The number of carboxylic acid groups (broad SMARTS) is 1. The highest BCUT2D eigenvalue weighted by atomic mass is 19.1. The number of hydrogen-bond donors (Lipinski definition) is 2. The van der Waals surface area contributed by atoms with Crippen molar-refractivity contribution < 1.29 is 23.1 Å². The van der Waals surface area contributed by atoms with E-state index in [1.54, 1.807) is 35.1 Å². The predicted octanol–water partition coefficient (Wildman–Crippen LogP) is 4.74. The smallest absolute Gasteiger partial charge is 0.341 e. The number of aromatic amines is 1. The number of carbonyl (C=O) groups is 1. The Kier molecular flexibility index (Phi) is 4.25. The summed E-state index contributed by atoms with van der Waals surface area (Å²) in [4.78, 5) is 19.5. The van der Waals surface area contributed by atoms with Gasteiger partial charge in [0, 0.05) is 28.8 Å². The molecular formula is C22H13F3N4O2. The van der Waals surface area contributed by atoms with Crippen molar-refractivity contribution in [3.05, 3.63) is 83.3 Å². The monoisotopic (exact) mass is 422 g/mol. The van der Waals surface area contributed by atoms with Gasteiger partial charge >= 0.3 is 5.97 Å². The minimum absolute atomic E-state index is 0.0950. The number of benzene rings is 2. The first-order valence-electron chi connectivity index (χ1n) is 9.22. The molecule has 0 bridgehead atoms. The van der Waals surface area contributed by atoms with Gasteiger partial charge in [-0.3, -0.25) is 14.8 Å². The number of aromatic carboxylic acids is 1. The Morgan fingerprint density at radius 1 is 1.03 bits per heavy atom. The lowest BCUT2D eigenvalue weighted by Gasteiger charge is -2.17. The molecule has 0 aliphatic rings. The summed E-state index contributed by atoms with van der Waals surface area (Å²) in [7, 11) is 0. The zero-order valence-electron chi connectivity index (χ0n) is 15.7. The molecule has 5 rings (SSSR count). The van der Waals surface area contributed by atoms with Crippen LogP contribution < -0.4 is 0 Å². The van der Waals surface area contributed by atoms with Gasteiger partial charge in [0.15, 0.2) is 5.65 Å². The van der Waals surface area contributed by atoms with Crippen molar-refractivity contribution in [2.24, 2.45) is 0 Å². The average molecular weight is 422 g/mol. The van der Waals surface area contributed by atoms with Crippen LogP contribution in [0.15, 0.2) is 54.7 Å². The number of rotatable bonds is 4. The molecule has 9 heteroatoms. The van der Waals surface area contributed by atoms with E-state index in [2.05, 4.69) is 15.1 Å². The molecule has 5 aromatic rings. The molecule has 0 saturated carbocycles. The maximum absolute atomic E-state index is 14.5. The molecule has 0 radical (unpaired) electrons. The van der Waals surface area contributed by atoms with Gasteiger partial charge in [-0.15, -0.1) is 0 Å². The predicted molar refractivity (Wildman–Crippen MR) is 107 cm³/mol. The molecule has 0 unspecified atom stereocenters. The lowest BCUT2D eigenvalue weighted by atomic mass is 10.1. The Morgan fingerprint density at radius 2 is 1.81 bits per heavy atom. The highest BCUT2D eigenvalue weighted by Gasteiger charge is 2.19. The van der Waals surface area contributed by atoms with Gasteiger partial charge in [0.05, 0.1) is 23.3 Å². The first-order valence-corrected chi connectivity index (χ1v) is 9.22. The Hall–Kier alpha value is -4.14. The van der Waals surface area contributed by atoms with E-state index in [0.29, 0.717) is 22.2 Å². The van der Waals surface area contributed by atoms with Crippen LogP contribution in [0, 0.1) is 17.5 Å². The zero-order chi connectivity index (χ0) is 21.7. The molecule has 0 aliphatic carbocycles. The number of halogens is 3. The van der Waals surface area contributed by atoms with Crippen LogP contribution in [0.3, 0.4) is 0 Å². The van der Waals surface area contributed by atoms with Gasteiger partial charge in [0.1, 0.15) is 23.0 Å². The van der Waals surface area contributed by atoms with E-state index in [0.717, 1.165) is 17.5 Å². The number of nitrogens with zero attached hydrogens (tertiary/aromatic N) is 3. The first-order chi connectivity index (χ1) is 14.9. The molecule has 6 nitrogen and oxygen atoms in total. The van der Waals surface area contributed by atoms with E-state index < -0.39 is 29.0 Å². The van der Waals surface area contributed by atoms with Crippen molar-refractivity contribution in [3.8, 4) is 11.3 Å². The summed E-state index contributed by atoms with van der Waals surface area (Å²) >= 11 is 0. The maximum atomic E-state index is 14.5. The fourth-order valence-electron chi connectivity index (χ4n) is 3.52. The quantitative estimate of drug-likeness (QED) is 0.438. The molecule has 0 amide bonds. The van der Waals surface area contributed by atoms with Gasteiger partial charge in [0.25, 0.3) is 0 Å². The highest BCUT2D eigenvalue weighted by molar-refractivity contribution is 5.89. The topological polar surface area (TPSA) is 83.8 Å².